The fourth-order valence-electron chi connectivity index (χ4n) is 4.62. The first kappa shape index (κ1) is 24.1. The average molecular weight is 490 g/mol. The van der Waals surface area contributed by atoms with Crippen LogP contribution in [0, 0.1) is 0 Å². The van der Waals surface area contributed by atoms with Crippen LogP contribution in [0.1, 0.15) is 78.1 Å². The zero-order chi connectivity index (χ0) is 23.3. The second-order valence-corrected chi connectivity index (χ2v) is 12.2. The molecule has 0 N–H and O–H groups in total. The van der Waals surface area contributed by atoms with Crippen molar-refractivity contribution in [3.8, 4) is 0 Å². The lowest BCUT2D eigenvalue weighted by molar-refractivity contribution is -0.141. The SMILES string of the molecule is O=C(Cc1ccc(S(=O)(=O)N2CCCCC2)s1)OCC(=O)c1ccc(C2CCCCC2)cc1. The third-order valence-corrected chi connectivity index (χ3v) is 9.99. The normalized spacial score (nSPS) is 18.2. The molecule has 0 spiro atoms. The highest BCUT2D eigenvalue weighted by Crippen LogP contribution is 2.32. The number of carbonyl (C=O) groups excluding carboxylic acids is 2. The standard InChI is InChI=1S/C25H31NO5S2/c27-23(21-11-9-20(10-12-21)19-7-3-1-4-8-19)18-31-24(28)17-22-13-14-25(32-22)33(29,30)26-15-5-2-6-16-26/h9-14,19H,1-8,15-18H2. The van der Waals surface area contributed by atoms with Crippen LogP contribution in [0.15, 0.2) is 40.6 Å². The van der Waals surface area contributed by atoms with Gasteiger partial charge in [-0.3, -0.25) is 9.59 Å². The Balaban J connectivity index is 1.27. The van der Waals surface area contributed by atoms with Gasteiger partial charge in [-0.2, -0.15) is 4.31 Å². The average Bonchev–Trinajstić information content (AvgIpc) is 3.33. The second-order valence-electron chi connectivity index (χ2n) is 8.90. The molecule has 1 aliphatic carbocycles. The Hall–Kier alpha value is -2.03. The first-order chi connectivity index (χ1) is 15.9. The Bertz CT molecular complexity index is 1060. The molecule has 1 aromatic carbocycles. The maximum Gasteiger partial charge on any atom is 0.311 e. The van der Waals surface area contributed by atoms with Gasteiger partial charge < -0.3 is 4.74 Å². The number of esters is 1. The Morgan fingerprint density at radius 3 is 2.27 bits per heavy atom. The van der Waals surface area contributed by atoms with Crippen molar-refractivity contribution < 1.29 is 22.7 Å². The van der Waals surface area contributed by atoms with Crippen LogP contribution in [0.4, 0.5) is 0 Å². The van der Waals surface area contributed by atoms with E-state index in [0.29, 0.717) is 29.4 Å². The Morgan fingerprint density at radius 2 is 1.58 bits per heavy atom. The van der Waals surface area contributed by atoms with Crippen molar-refractivity contribution in [2.75, 3.05) is 19.7 Å². The summed E-state index contributed by atoms with van der Waals surface area (Å²) in [5, 5.41) is 0. The predicted octanol–water partition coefficient (Wildman–Crippen LogP) is 4.94. The molecule has 0 atom stereocenters. The zero-order valence-electron chi connectivity index (χ0n) is 18.8. The van der Waals surface area contributed by atoms with Gasteiger partial charge in [-0.25, -0.2) is 8.42 Å². The number of piperidine rings is 1. The predicted molar refractivity (Wildman–Crippen MR) is 128 cm³/mol. The molecular weight excluding hydrogens is 458 g/mol. The van der Waals surface area contributed by atoms with Crippen LogP contribution in [-0.2, 0) is 26.0 Å². The molecule has 1 saturated heterocycles. The molecular formula is C25H31NO5S2. The van der Waals surface area contributed by atoms with Gasteiger partial charge in [0.1, 0.15) is 4.21 Å². The molecule has 0 radical (unpaired) electrons. The quantitative estimate of drug-likeness (QED) is 0.388. The molecule has 1 aliphatic heterocycles. The van der Waals surface area contributed by atoms with Crippen LogP contribution in [0.5, 0.6) is 0 Å². The van der Waals surface area contributed by atoms with Crippen molar-refractivity contribution in [2.24, 2.45) is 0 Å². The van der Waals surface area contributed by atoms with Crippen LogP contribution in [0.3, 0.4) is 0 Å². The molecule has 178 valence electrons. The summed E-state index contributed by atoms with van der Waals surface area (Å²) in [5.41, 5.74) is 1.81. The van der Waals surface area contributed by atoms with E-state index < -0.39 is 16.0 Å². The van der Waals surface area contributed by atoms with Gasteiger partial charge in [0.25, 0.3) is 10.0 Å². The highest BCUT2D eigenvalue weighted by molar-refractivity contribution is 7.91. The molecule has 0 bridgehead atoms. The molecule has 2 heterocycles. The molecule has 1 aromatic heterocycles. The minimum absolute atomic E-state index is 0.0475. The smallest absolute Gasteiger partial charge is 0.311 e. The van der Waals surface area contributed by atoms with Gasteiger partial charge >= 0.3 is 5.97 Å². The van der Waals surface area contributed by atoms with Crippen LogP contribution in [0.2, 0.25) is 0 Å². The van der Waals surface area contributed by atoms with Gasteiger partial charge in [0.2, 0.25) is 0 Å². The number of nitrogens with zero attached hydrogens (tertiary/aromatic N) is 1. The molecule has 2 fully saturated rings. The number of ether oxygens (including phenoxy) is 1. The first-order valence-electron chi connectivity index (χ1n) is 11.8. The van der Waals surface area contributed by atoms with Crippen molar-refractivity contribution in [1.29, 1.82) is 0 Å². The Kier molecular flexibility index (Phi) is 7.98. The summed E-state index contributed by atoms with van der Waals surface area (Å²) in [6.45, 7) is 0.772. The lowest BCUT2D eigenvalue weighted by Crippen LogP contribution is -2.35. The number of rotatable bonds is 8. The summed E-state index contributed by atoms with van der Waals surface area (Å²) in [7, 11) is -3.51. The van der Waals surface area contributed by atoms with E-state index in [4.69, 9.17) is 4.74 Å². The zero-order valence-corrected chi connectivity index (χ0v) is 20.5. The summed E-state index contributed by atoms with van der Waals surface area (Å²) in [4.78, 5) is 25.3. The molecule has 6 nitrogen and oxygen atoms in total. The minimum Gasteiger partial charge on any atom is -0.457 e. The van der Waals surface area contributed by atoms with Gasteiger partial charge in [0.15, 0.2) is 12.4 Å². The van der Waals surface area contributed by atoms with E-state index in [1.54, 1.807) is 12.1 Å². The van der Waals surface area contributed by atoms with Crippen molar-refractivity contribution in [1.82, 2.24) is 4.31 Å². The lowest BCUT2D eigenvalue weighted by Gasteiger charge is -2.25. The lowest BCUT2D eigenvalue weighted by atomic mass is 9.84. The molecule has 1 saturated carbocycles. The number of thiophene rings is 1. The molecule has 2 aromatic rings. The number of hydrogen-bond acceptors (Lipinski definition) is 6. The third kappa shape index (κ3) is 6.11. The number of ketones is 1. The van der Waals surface area contributed by atoms with E-state index >= 15 is 0 Å². The van der Waals surface area contributed by atoms with Crippen molar-refractivity contribution in [3.05, 3.63) is 52.4 Å². The van der Waals surface area contributed by atoms with Crippen molar-refractivity contribution in [2.45, 2.75) is 67.9 Å². The molecule has 2 aliphatic rings. The van der Waals surface area contributed by atoms with Crippen LogP contribution in [-0.4, -0.2) is 44.2 Å². The number of hydrogen-bond donors (Lipinski definition) is 0. The van der Waals surface area contributed by atoms with E-state index in [-0.39, 0.29) is 23.0 Å². The van der Waals surface area contributed by atoms with E-state index in [0.717, 1.165) is 30.6 Å². The number of benzene rings is 1. The van der Waals surface area contributed by atoms with Crippen LogP contribution < -0.4 is 0 Å². The highest BCUT2D eigenvalue weighted by Gasteiger charge is 2.27. The molecule has 0 unspecified atom stereocenters. The summed E-state index contributed by atoms with van der Waals surface area (Å²) in [6, 6.07) is 10.9. The van der Waals surface area contributed by atoms with Gasteiger partial charge in [-0.1, -0.05) is 49.9 Å². The monoisotopic (exact) mass is 489 g/mol. The molecule has 4 rings (SSSR count). The van der Waals surface area contributed by atoms with E-state index in [1.807, 2.05) is 24.3 Å². The fraction of sp³-hybridized carbons (Fsp3) is 0.520. The van der Waals surface area contributed by atoms with Crippen molar-refractivity contribution >= 4 is 33.1 Å². The Morgan fingerprint density at radius 1 is 0.909 bits per heavy atom. The highest BCUT2D eigenvalue weighted by atomic mass is 32.2. The third-order valence-electron chi connectivity index (χ3n) is 6.54. The van der Waals surface area contributed by atoms with Gasteiger partial charge in [0, 0.05) is 23.5 Å². The summed E-state index contributed by atoms with van der Waals surface area (Å²) in [5.74, 6) is -0.195. The van der Waals surface area contributed by atoms with Gasteiger partial charge in [-0.05, 0) is 49.3 Å². The maximum absolute atomic E-state index is 12.8. The van der Waals surface area contributed by atoms with E-state index in [2.05, 4.69) is 0 Å². The summed E-state index contributed by atoms with van der Waals surface area (Å²) in [6.07, 6.45) is 8.99. The second kappa shape index (κ2) is 10.9. The number of sulfonamides is 1. The topological polar surface area (TPSA) is 80.8 Å². The largest absolute Gasteiger partial charge is 0.457 e. The first-order valence-corrected chi connectivity index (χ1v) is 14.1. The molecule has 8 heteroatoms. The maximum atomic E-state index is 12.8. The van der Waals surface area contributed by atoms with E-state index in [1.165, 1.54) is 42.0 Å². The van der Waals surface area contributed by atoms with Crippen LogP contribution in [0.25, 0.3) is 0 Å². The number of Topliss-reactive ketones (excluding diaryl/α,β-unsaturated/α-hetero) is 1. The number of carbonyl (C=O) groups is 2. The molecule has 0 amide bonds. The van der Waals surface area contributed by atoms with Gasteiger partial charge in [0.05, 0.1) is 6.42 Å². The summed E-state index contributed by atoms with van der Waals surface area (Å²) < 4.78 is 32.5. The van der Waals surface area contributed by atoms with Crippen molar-refractivity contribution in [3.63, 3.8) is 0 Å². The van der Waals surface area contributed by atoms with E-state index in [9.17, 15) is 18.0 Å². The molecule has 33 heavy (non-hydrogen) atoms. The minimum atomic E-state index is -3.51. The summed E-state index contributed by atoms with van der Waals surface area (Å²) >= 11 is 1.09. The van der Waals surface area contributed by atoms with Gasteiger partial charge in [-0.15, -0.1) is 11.3 Å². The van der Waals surface area contributed by atoms with Crippen LogP contribution >= 0.6 is 11.3 Å². The fourth-order valence-corrected chi connectivity index (χ4v) is 7.64. The Labute approximate surface area is 200 Å².